The number of aromatic carboxylic acids is 1. The van der Waals surface area contributed by atoms with Gasteiger partial charge in [0.05, 0.1) is 16.3 Å². The average molecular weight is 499 g/mol. The molecule has 7 heteroatoms. The fourth-order valence-corrected chi connectivity index (χ4v) is 5.61. The van der Waals surface area contributed by atoms with Crippen LogP contribution in [0.2, 0.25) is 5.02 Å². The van der Waals surface area contributed by atoms with E-state index in [0.717, 1.165) is 29.2 Å². The molecule has 1 aliphatic rings. The molecule has 0 unspecified atom stereocenters. The third kappa shape index (κ3) is 5.24. The molecule has 4 rings (SSSR count). The molecule has 0 aromatic heterocycles. The van der Waals surface area contributed by atoms with Gasteiger partial charge in [-0.05, 0) is 72.8 Å². The molecule has 1 N–H and O–H groups in total. The molecule has 34 heavy (non-hydrogen) atoms. The Morgan fingerprint density at radius 1 is 1.15 bits per heavy atom. The molecular formula is C27H28ClFN2O2S. The molecule has 0 amide bonds. The number of hydrogen-bond donors (Lipinski definition) is 1. The van der Waals surface area contributed by atoms with Crippen molar-refractivity contribution in [3.63, 3.8) is 0 Å². The maximum absolute atomic E-state index is 14.0. The van der Waals surface area contributed by atoms with Gasteiger partial charge in [-0.2, -0.15) is 0 Å². The molecule has 1 aliphatic heterocycles. The molecule has 0 radical (unpaired) electrons. The average Bonchev–Trinajstić information content (AvgIpc) is 2.89. The van der Waals surface area contributed by atoms with Gasteiger partial charge in [-0.3, -0.25) is 0 Å². The first-order valence-electron chi connectivity index (χ1n) is 11.1. The lowest BCUT2D eigenvalue weighted by atomic mass is 9.88. The highest BCUT2D eigenvalue weighted by atomic mass is 35.5. The van der Waals surface area contributed by atoms with Gasteiger partial charge in [0, 0.05) is 28.7 Å². The van der Waals surface area contributed by atoms with E-state index in [-0.39, 0.29) is 17.0 Å². The van der Waals surface area contributed by atoms with E-state index in [1.807, 2.05) is 30.3 Å². The van der Waals surface area contributed by atoms with Crippen molar-refractivity contribution < 1.29 is 14.3 Å². The van der Waals surface area contributed by atoms with Crippen molar-refractivity contribution in [2.75, 3.05) is 18.5 Å². The van der Waals surface area contributed by atoms with E-state index < -0.39 is 11.8 Å². The van der Waals surface area contributed by atoms with Gasteiger partial charge in [0.1, 0.15) is 5.82 Å². The van der Waals surface area contributed by atoms with Crippen LogP contribution in [0.3, 0.4) is 0 Å². The third-order valence-corrected chi connectivity index (χ3v) is 7.34. The molecule has 0 bridgehead atoms. The minimum Gasteiger partial charge on any atom is -0.478 e. The fraction of sp³-hybridized carbons (Fsp3) is 0.296. The van der Waals surface area contributed by atoms with Crippen molar-refractivity contribution in [2.45, 2.75) is 38.1 Å². The lowest BCUT2D eigenvalue weighted by Crippen LogP contribution is -2.38. The standard InChI is InChI=1S/C27H28ClFN2O2S/c1-27(2,3)15-19-16-31(18-8-6-5-7-9-18)24-14-22(28)20(13-25(24)34-30(19)4)17-10-11-23(29)21(12-17)26(32)33/h5-14,19H,15-16H2,1-4H3,(H,32,33)/t19-/m0/s1. The number of nitrogens with zero attached hydrogens (tertiary/aromatic N) is 2. The van der Waals surface area contributed by atoms with Crippen LogP contribution in [0.25, 0.3) is 11.1 Å². The van der Waals surface area contributed by atoms with Gasteiger partial charge in [-0.1, -0.05) is 56.6 Å². The fourth-order valence-electron chi connectivity index (χ4n) is 4.31. The summed E-state index contributed by atoms with van der Waals surface area (Å²) in [5.41, 5.74) is 3.10. The second kappa shape index (κ2) is 9.61. The topological polar surface area (TPSA) is 43.8 Å². The molecule has 3 aromatic carbocycles. The second-order valence-electron chi connectivity index (χ2n) is 9.80. The number of halogens is 2. The Morgan fingerprint density at radius 3 is 2.50 bits per heavy atom. The Kier molecular flexibility index (Phi) is 6.94. The molecule has 178 valence electrons. The summed E-state index contributed by atoms with van der Waals surface area (Å²) in [6.07, 6.45) is 1.01. The van der Waals surface area contributed by atoms with E-state index in [2.05, 4.69) is 49.2 Å². The lowest BCUT2D eigenvalue weighted by molar-refractivity contribution is 0.0692. The highest BCUT2D eigenvalue weighted by Gasteiger charge is 2.31. The number of likely N-dealkylation sites (N-methyl/N-ethyl adjacent to an activating group) is 1. The summed E-state index contributed by atoms with van der Waals surface area (Å²) in [6, 6.07) is 18.5. The molecule has 0 spiro atoms. The molecule has 0 saturated carbocycles. The number of anilines is 2. The number of rotatable bonds is 4. The Morgan fingerprint density at radius 2 is 1.85 bits per heavy atom. The summed E-state index contributed by atoms with van der Waals surface area (Å²) in [5.74, 6) is -2.07. The van der Waals surface area contributed by atoms with Crippen LogP contribution in [-0.4, -0.2) is 35.0 Å². The van der Waals surface area contributed by atoms with E-state index in [9.17, 15) is 14.3 Å². The number of carboxylic acids is 1. The Bertz CT molecular complexity index is 1210. The molecule has 1 atom stereocenters. The number of carbonyl (C=O) groups is 1. The van der Waals surface area contributed by atoms with Gasteiger partial charge in [0.25, 0.3) is 0 Å². The summed E-state index contributed by atoms with van der Waals surface area (Å²) in [6.45, 7) is 7.55. The van der Waals surface area contributed by atoms with Crippen molar-refractivity contribution in [3.8, 4) is 11.1 Å². The van der Waals surface area contributed by atoms with Crippen LogP contribution in [0.1, 0.15) is 37.6 Å². The Balaban J connectivity index is 1.84. The summed E-state index contributed by atoms with van der Waals surface area (Å²) >= 11 is 8.42. The summed E-state index contributed by atoms with van der Waals surface area (Å²) < 4.78 is 16.3. The van der Waals surface area contributed by atoms with Crippen LogP contribution >= 0.6 is 23.5 Å². The number of para-hydroxylation sites is 1. The molecule has 0 aliphatic carbocycles. The van der Waals surface area contributed by atoms with Crippen molar-refractivity contribution in [2.24, 2.45) is 5.41 Å². The summed E-state index contributed by atoms with van der Waals surface area (Å²) in [7, 11) is 2.11. The number of benzene rings is 3. The maximum atomic E-state index is 14.0. The van der Waals surface area contributed by atoms with E-state index in [1.165, 1.54) is 12.1 Å². The smallest absolute Gasteiger partial charge is 0.338 e. The molecule has 0 saturated heterocycles. The predicted molar refractivity (Wildman–Crippen MR) is 139 cm³/mol. The van der Waals surface area contributed by atoms with E-state index in [4.69, 9.17) is 11.6 Å². The minimum absolute atomic E-state index is 0.155. The highest BCUT2D eigenvalue weighted by molar-refractivity contribution is 7.97. The molecule has 3 aromatic rings. The van der Waals surface area contributed by atoms with Gasteiger partial charge in [-0.25, -0.2) is 13.5 Å². The Labute approximate surface area is 209 Å². The van der Waals surface area contributed by atoms with E-state index in [0.29, 0.717) is 16.1 Å². The van der Waals surface area contributed by atoms with Gasteiger partial charge in [0.15, 0.2) is 0 Å². The van der Waals surface area contributed by atoms with Crippen LogP contribution in [0.15, 0.2) is 65.6 Å². The number of carboxylic acid groups (broad SMARTS) is 1. The SMILES string of the molecule is CN1Sc2cc(-c3ccc(F)c(C(=O)O)c3)c(Cl)cc2N(c2ccccc2)C[C@@H]1CC(C)(C)C. The molecule has 0 fully saturated rings. The minimum atomic E-state index is -1.31. The van der Waals surface area contributed by atoms with Crippen LogP contribution in [-0.2, 0) is 0 Å². The van der Waals surface area contributed by atoms with Crippen LogP contribution in [0.5, 0.6) is 0 Å². The van der Waals surface area contributed by atoms with Crippen LogP contribution in [0.4, 0.5) is 15.8 Å². The number of fused-ring (bicyclic) bond motifs is 1. The monoisotopic (exact) mass is 498 g/mol. The normalized spacial score (nSPS) is 16.8. The highest BCUT2D eigenvalue weighted by Crippen LogP contribution is 2.46. The van der Waals surface area contributed by atoms with Gasteiger partial charge >= 0.3 is 5.97 Å². The van der Waals surface area contributed by atoms with Gasteiger partial charge < -0.3 is 10.0 Å². The van der Waals surface area contributed by atoms with Gasteiger partial charge in [0.2, 0.25) is 0 Å². The first-order chi connectivity index (χ1) is 16.0. The summed E-state index contributed by atoms with van der Waals surface area (Å²) in [4.78, 5) is 14.8. The molecule has 4 nitrogen and oxygen atoms in total. The first-order valence-corrected chi connectivity index (χ1v) is 12.3. The quantitative estimate of drug-likeness (QED) is 0.372. The van der Waals surface area contributed by atoms with E-state index >= 15 is 0 Å². The zero-order chi connectivity index (χ0) is 24.6. The molecule has 1 heterocycles. The zero-order valence-corrected chi connectivity index (χ0v) is 21.3. The van der Waals surface area contributed by atoms with Crippen molar-refractivity contribution in [3.05, 3.63) is 77.1 Å². The largest absolute Gasteiger partial charge is 0.478 e. The third-order valence-electron chi connectivity index (χ3n) is 5.91. The number of hydrogen-bond acceptors (Lipinski definition) is 4. The van der Waals surface area contributed by atoms with Crippen molar-refractivity contribution in [1.82, 2.24) is 4.31 Å². The zero-order valence-electron chi connectivity index (χ0n) is 19.7. The maximum Gasteiger partial charge on any atom is 0.338 e. The van der Waals surface area contributed by atoms with Crippen LogP contribution < -0.4 is 4.90 Å². The Hall–Kier alpha value is -2.54. The second-order valence-corrected chi connectivity index (χ2v) is 11.4. The van der Waals surface area contributed by atoms with Crippen LogP contribution in [0, 0.1) is 11.2 Å². The lowest BCUT2D eigenvalue weighted by Gasteiger charge is -2.33. The van der Waals surface area contributed by atoms with Gasteiger partial charge in [-0.15, -0.1) is 0 Å². The molecular weight excluding hydrogens is 471 g/mol. The van der Waals surface area contributed by atoms with E-state index in [1.54, 1.807) is 18.0 Å². The first kappa shape index (κ1) is 24.6. The van der Waals surface area contributed by atoms with Crippen molar-refractivity contribution >= 4 is 40.9 Å². The predicted octanol–water partition coefficient (Wildman–Crippen LogP) is 7.74. The van der Waals surface area contributed by atoms with Crippen molar-refractivity contribution in [1.29, 1.82) is 0 Å². The summed E-state index contributed by atoms with van der Waals surface area (Å²) in [5, 5.41) is 9.85.